The van der Waals surface area contributed by atoms with Gasteiger partial charge in [-0.15, -0.1) is 11.3 Å². The van der Waals surface area contributed by atoms with Gasteiger partial charge in [-0.1, -0.05) is 6.08 Å². The largest absolute Gasteiger partial charge is 0.236 e. The van der Waals surface area contributed by atoms with Crippen molar-refractivity contribution in [2.45, 2.75) is 25.7 Å². The molecule has 2 aromatic heterocycles. The zero-order chi connectivity index (χ0) is 11.5. The molecule has 0 spiro atoms. The highest BCUT2D eigenvalue weighted by Crippen LogP contribution is 2.34. The molecule has 0 amide bonds. The zero-order valence-electron chi connectivity index (χ0n) is 9.60. The maximum absolute atomic E-state index is 4.29. The van der Waals surface area contributed by atoms with Crippen molar-refractivity contribution < 1.29 is 0 Å². The Morgan fingerprint density at radius 3 is 2.59 bits per heavy atom. The fraction of sp³-hybridized carbons (Fsp3) is 0.286. The summed E-state index contributed by atoms with van der Waals surface area (Å²) in [4.78, 5) is 11.1. The van der Waals surface area contributed by atoms with E-state index in [1.807, 2.05) is 6.07 Å². The lowest BCUT2D eigenvalue weighted by atomic mass is 9.99. The van der Waals surface area contributed by atoms with E-state index in [0.29, 0.717) is 0 Å². The van der Waals surface area contributed by atoms with Gasteiger partial charge in [-0.3, -0.25) is 0 Å². The van der Waals surface area contributed by atoms with Gasteiger partial charge in [-0.2, -0.15) is 0 Å². The molecule has 0 atom stereocenters. The molecule has 17 heavy (non-hydrogen) atoms. The van der Waals surface area contributed by atoms with Gasteiger partial charge in [0.05, 0.1) is 4.88 Å². The van der Waals surface area contributed by atoms with Gasteiger partial charge in [0, 0.05) is 17.3 Å². The molecule has 2 aromatic rings. The Morgan fingerprint density at radius 2 is 1.82 bits per heavy atom. The van der Waals surface area contributed by atoms with Crippen LogP contribution in [0.15, 0.2) is 36.7 Å². The number of thiophene rings is 1. The maximum Gasteiger partial charge on any atom is 0.169 e. The summed E-state index contributed by atoms with van der Waals surface area (Å²) in [5.41, 5.74) is 1.50. The molecule has 0 saturated carbocycles. The SMILES string of the molecule is C1=C(c2ccc(-c3ncccn3)s2)CCCC1. The molecule has 86 valence electrons. The summed E-state index contributed by atoms with van der Waals surface area (Å²) in [6.45, 7) is 0. The molecule has 2 nitrogen and oxygen atoms in total. The van der Waals surface area contributed by atoms with Gasteiger partial charge in [0.25, 0.3) is 0 Å². The molecule has 0 aliphatic heterocycles. The van der Waals surface area contributed by atoms with Crippen molar-refractivity contribution in [3.8, 4) is 10.7 Å². The van der Waals surface area contributed by atoms with Gasteiger partial charge in [-0.25, -0.2) is 9.97 Å². The molecule has 1 aliphatic carbocycles. The van der Waals surface area contributed by atoms with E-state index in [1.54, 1.807) is 23.7 Å². The fourth-order valence-electron chi connectivity index (χ4n) is 2.12. The first-order valence-corrected chi connectivity index (χ1v) is 6.82. The molecule has 3 rings (SSSR count). The average molecular weight is 242 g/mol. The van der Waals surface area contributed by atoms with Crippen molar-refractivity contribution in [2.75, 3.05) is 0 Å². The van der Waals surface area contributed by atoms with Crippen LogP contribution in [0.5, 0.6) is 0 Å². The quantitative estimate of drug-likeness (QED) is 0.790. The minimum atomic E-state index is 0.833. The lowest BCUT2D eigenvalue weighted by Crippen LogP contribution is -1.88. The first-order chi connectivity index (χ1) is 8.43. The molecular weight excluding hydrogens is 228 g/mol. The van der Waals surface area contributed by atoms with Gasteiger partial charge >= 0.3 is 0 Å². The van der Waals surface area contributed by atoms with Crippen LogP contribution in [0.1, 0.15) is 30.6 Å². The highest BCUT2D eigenvalue weighted by molar-refractivity contribution is 7.16. The molecule has 0 radical (unpaired) electrons. The monoisotopic (exact) mass is 242 g/mol. The van der Waals surface area contributed by atoms with Crippen molar-refractivity contribution in [1.82, 2.24) is 9.97 Å². The van der Waals surface area contributed by atoms with Crippen molar-refractivity contribution in [2.24, 2.45) is 0 Å². The maximum atomic E-state index is 4.29. The van der Waals surface area contributed by atoms with E-state index in [2.05, 4.69) is 28.2 Å². The van der Waals surface area contributed by atoms with Gasteiger partial charge in [0.1, 0.15) is 0 Å². The van der Waals surface area contributed by atoms with Gasteiger partial charge in [0.15, 0.2) is 5.82 Å². The molecule has 0 bridgehead atoms. The Hall–Kier alpha value is -1.48. The fourth-order valence-corrected chi connectivity index (χ4v) is 3.14. The Kier molecular flexibility index (Phi) is 3.01. The minimum absolute atomic E-state index is 0.833. The number of hydrogen-bond acceptors (Lipinski definition) is 3. The third kappa shape index (κ3) is 2.29. The predicted molar refractivity (Wildman–Crippen MR) is 71.8 cm³/mol. The Labute approximate surface area is 105 Å². The molecule has 0 saturated heterocycles. The van der Waals surface area contributed by atoms with Crippen LogP contribution >= 0.6 is 11.3 Å². The molecule has 0 fully saturated rings. The second-order valence-electron chi connectivity index (χ2n) is 4.21. The van der Waals surface area contributed by atoms with E-state index in [-0.39, 0.29) is 0 Å². The minimum Gasteiger partial charge on any atom is -0.236 e. The summed E-state index contributed by atoms with van der Waals surface area (Å²) in [5, 5.41) is 0. The number of nitrogens with zero attached hydrogens (tertiary/aromatic N) is 2. The standard InChI is InChI=1S/C14H14N2S/c1-2-5-11(6-3-1)12-7-8-13(17-12)14-15-9-4-10-16-14/h4-5,7-10H,1-3,6H2. The molecule has 2 heterocycles. The number of aromatic nitrogens is 2. The second-order valence-corrected chi connectivity index (χ2v) is 5.30. The van der Waals surface area contributed by atoms with E-state index in [1.165, 1.54) is 36.1 Å². The van der Waals surface area contributed by atoms with E-state index < -0.39 is 0 Å². The summed E-state index contributed by atoms with van der Waals surface area (Å²) < 4.78 is 0. The summed E-state index contributed by atoms with van der Waals surface area (Å²) in [7, 11) is 0. The lowest BCUT2D eigenvalue weighted by Gasteiger charge is -2.10. The topological polar surface area (TPSA) is 25.8 Å². The summed E-state index contributed by atoms with van der Waals surface area (Å²) in [5.74, 6) is 0.833. The van der Waals surface area contributed by atoms with Crippen molar-refractivity contribution in [1.29, 1.82) is 0 Å². The van der Waals surface area contributed by atoms with Gasteiger partial charge in [0.2, 0.25) is 0 Å². The molecule has 3 heteroatoms. The molecular formula is C14H14N2S. The van der Waals surface area contributed by atoms with Crippen LogP contribution in [0.25, 0.3) is 16.3 Å². The van der Waals surface area contributed by atoms with Crippen LogP contribution in [0, 0.1) is 0 Å². The van der Waals surface area contributed by atoms with Crippen molar-refractivity contribution in [3.63, 3.8) is 0 Å². The molecule has 1 aliphatic rings. The Balaban J connectivity index is 1.90. The zero-order valence-corrected chi connectivity index (χ0v) is 10.4. The van der Waals surface area contributed by atoms with Crippen LogP contribution < -0.4 is 0 Å². The molecule has 0 unspecified atom stereocenters. The predicted octanol–water partition coefficient (Wildman–Crippen LogP) is 4.16. The van der Waals surface area contributed by atoms with Crippen LogP contribution in [0.2, 0.25) is 0 Å². The third-order valence-corrected chi connectivity index (χ3v) is 4.16. The lowest BCUT2D eigenvalue weighted by molar-refractivity contribution is 0.743. The average Bonchev–Trinajstić information content (AvgIpc) is 2.90. The van der Waals surface area contributed by atoms with E-state index in [4.69, 9.17) is 0 Å². The van der Waals surface area contributed by atoms with E-state index in [9.17, 15) is 0 Å². The smallest absolute Gasteiger partial charge is 0.169 e. The highest BCUT2D eigenvalue weighted by Gasteiger charge is 2.10. The highest BCUT2D eigenvalue weighted by atomic mass is 32.1. The Morgan fingerprint density at radius 1 is 1.00 bits per heavy atom. The third-order valence-electron chi connectivity index (χ3n) is 3.00. The second kappa shape index (κ2) is 4.80. The van der Waals surface area contributed by atoms with Crippen LogP contribution in [-0.4, -0.2) is 9.97 Å². The first-order valence-electron chi connectivity index (χ1n) is 6.00. The number of rotatable bonds is 2. The van der Waals surface area contributed by atoms with Crippen LogP contribution in [-0.2, 0) is 0 Å². The Bertz CT molecular complexity index is 528. The number of allylic oxidation sites excluding steroid dienone is 2. The summed E-state index contributed by atoms with van der Waals surface area (Å²) in [6.07, 6.45) is 11.1. The number of hydrogen-bond donors (Lipinski definition) is 0. The van der Waals surface area contributed by atoms with Crippen molar-refractivity contribution in [3.05, 3.63) is 41.5 Å². The van der Waals surface area contributed by atoms with E-state index in [0.717, 1.165) is 10.7 Å². The van der Waals surface area contributed by atoms with E-state index >= 15 is 0 Å². The van der Waals surface area contributed by atoms with Gasteiger partial charge < -0.3 is 0 Å². The van der Waals surface area contributed by atoms with Crippen LogP contribution in [0.3, 0.4) is 0 Å². The first kappa shape index (κ1) is 10.7. The van der Waals surface area contributed by atoms with Crippen LogP contribution in [0.4, 0.5) is 0 Å². The normalized spacial score (nSPS) is 15.6. The van der Waals surface area contributed by atoms with Gasteiger partial charge in [-0.05, 0) is 49.5 Å². The molecule has 0 aromatic carbocycles. The summed E-state index contributed by atoms with van der Waals surface area (Å²) in [6, 6.07) is 6.18. The summed E-state index contributed by atoms with van der Waals surface area (Å²) >= 11 is 1.80. The van der Waals surface area contributed by atoms with Crippen molar-refractivity contribution >= 4 is 16.9 Å². The molecule has 0 N–H and O–H groups in total.